The summed E-state index contributed by atoms with van der Waals surface area (Å²) >= 11 is 6.48. The number of halogens is 1. The van der Waals surface area contributed by atoms with Gasteiger partial charge in [0.2, 0.25) is 9.84 Å². The molecule has 3 aromatic rings. The van der Waals surface area contributed by atoms with Crippen LogP contribution in [0.15, 0.2) is 58.3 Å². The van der Waals surface area contributed by atoms with Crippen LogP contribution in [0, 0.1) is 32.1 Å². The maximum absolute atomic E-state index is 12.9. The lowest BCUT2D eigenvalue weighted by molar-refractivity contribution is 0.603. The van der Waals surface area contributed by atoms with Crippen molar-refractivity contribution in [2.75, 3.05) is 0 Å². The third-order valence-electron chi connectivity index (χ3n) is 4.57. The SMILES string of the molecule is Cc1ccc(Cn2nc(C)c(/C=C(\C#N)S(=O)(=O)c3ccc(C)cc3)c2Cl)cc1. The average Bonchev–Trinajstić information content (AvgIpc) is 2.94. The number of aryl methyl sites for hydroxylation is 3. The van der Waals surface area contributed by atoms with Crippen LogP contribution in [-0.2, 0) is 16.4 Å². The summed E-state index contributed by atoms with van der Waals surface area (Å²) in [6.45, 7) is 6.05. The van der Waals surface area contributed by atoms with Gasteiger partial charge >= 0.3 is 0 Å². The summed E-state index contributed by atoms with van der Waals surface area (Å²) in [6, 6.07) is 16.2. The Balaban J connectivity index is 2.00. The van der Waals surface area contributed by atoms with Gasteiger partial charge in [0.1, 0.15) is 16.1 Å². The monoisotopic (exact) mass is 425 g/mol. The zero-order valence-corrected chi connectivity index (χ0v) is 17.9. The Labute approximate surface area is 175 Å². The molecule has 0 aliphatic carbocycles. The molecule has 3 rings (SSSR count). The number of rotatable bonds is 5. The Kier molecular flexibility index (Phi) is 5.92. The van der Waals surface area contributed by atoms with Gasteiger partial charge in [-0.15, -0.1) is 0 Å². The molecule has 7 heteroatoms. The molecular formula is C22H20ClN3O2S. The highest BCUT2D eigenvalue weighted by molar-refractivity contribution is 7.95. The lowest BCUT2D eigenvalue weighted by Crippen LogP contribution is -2.04. The molecule has 0 N–H and O–H groups in total. The summed E-state index contributed by atoms with van der Waals surface area (Å²) in [5.41, 5.74) is 4.08. The van der Waals surface area contributed by atoms with Gasteiger partial charge in [-0.2, -0.15) is 10.4 Å². The summed E-state index contributed by atoms with van der Waals surface area (Å²) < 4.78 is 27.3. The van der Waals surface area contributed by atoms with Gasteiger partial charge in [0.25, 0.3) is 0 Å². The molecule has 2 aromatic carbocycles. The van der Waals surface area contributed by atoms with Gasteiger partial charge in [0.05, 0.1) is 17.1 Å². The smallest absolute Gasteiger partial charge is 0.216 e. The molecular weight excluding hydrogens is 406 g/mol. The van der Waals surface area contributed by atoms with Crippen molar-refractivity contribution in [3.05, 3.63) is 86.5 Å². The molecule has 5 nitrogen and oxygen atoms in total. The molecule has 0 atom stereocenters. The molecule has 0 radical (unpaired) electrons. The van der Waals surface area contributed by atoms with Crippen molar-refractivity contribution in [3.8, 4) is 6.07 Å². The molecule has 29 heavy (non-hydrogen) atoms. The van der Waals surface area contributed by atoms with E-state index < -0.39 is 9.84 Å². The zero-order chi connectivity index (χ0) is 21.2. The van der Waals surface area contributed by atoms with Gasteiger partial charge in [0, 0.05) is 5.56 Å². The lowest BCUT2D eigenvalue weighted by Gasteiger charge is -2.05. The second-order valence-electron chi connectivity index (χ2n) is 6.87. The van der Waals surface area contributed by atoms with Crippen LogP contribution < -0.4 is 0 Å². The van der Waals surface area contributed by atoms with E-state index >= 15 is 0 Å². The molecule has 148 valence electrons. The molecule has 0 aliphatic rings. The molecule has 0 aliphatic heterocycles. The van der Waals surface area contributed by atoms with Crippen LogP contribution in [0.25, 0.3) is 6.08 Å². The highest BCUT2D eigenvalue weighted by Crippen LogP contribution is 2.27. The van der Waals surface area contributed by atoms with Crippen LogP contribution in [0.5, 0.6) is 0 Å². The number of nitrogens with zero attached hydrogens (tertiary/aromatic N) is 3. The Morgan fingerprint density at radius 2 is 1.62 bits per heavy atom. The second kappa shape index (κ2) is 8.24. The number of hydrogen-bond acceptors (Lipinski definition) is 4. The Hall–Kier alpha value is -2.88. The van der Waals surface area contributed by atoms with Crippen molar-refractivity contribution in [1.29, 1.82) is 5.26 Å². The van der Waals surface area contributed by atoms with E-state index in [0.717, 1.165) is 16.7 Å². The fraction of sp³-hybridized carbons (Fsp3) is 0.182. The summed E-state index contributed by atoms with van der Waals surface area (Å²) in [5.74, 6) is 0. The standard InChI is InChI=1S/C22H20ClN3O2S/c1-15-4-8-18(9-5-15)14-26-22(23)21(17(3)25-26)12-20(13-24)29(27,28)19-10-6-16(2)7-11-19/h4-12H,14H2,1-3H3/b20-12+. The van der Waals surface area contributed by atoms with Crippen molar-refractivity contribution >= 4 is 27.5 Å². The summed E-state index contributed by atoms with van der Waals surface area (Å²) in [5, 5.41) is 14.2. The van der Waals surface area contributed by atoms with E-state index in [1.165, 1.54) is 18.2 Å². The van der Waals surface area contributed by atoms with E-state index in [2.05, 4.69) is 5.10 Å². The molecule has 0 amide bonds. The Bertz CT molecular complexity index is 1220. The highest BCUT2D eigenvalue weighted by Gasteiger charge is 2.23. The predicted molar refractivity (Wildman–Crippen MR) is 114 cm³/mol. The number of hydrogen-bond donors (Lipinski definition) is 0. The van der Waals surface area contributed by atoms with E-state index in [9.17, 15) is 13.7 Å². The molecule has 0 spiro atoms. The predicted octanol–water partition coefficient (Wildman–Crippen LogP) is 4.85. The molecule has 0 saturated heterocycles. The fourth-order valence-corrected chi connectivity index (χ4v) is 4.28. The first-order valence-corrected chi connectivity index (χ1v) is 10.8. The molecule has 0 unspecified atom stereocenters. The first-order chi connectivity index (χ1) is 13.7. The summed E-state index contributed by atoms with van der Waals surface area (Å²) in [4.78, 5) is -0.307. The van der Waals surface area contributed by atoms with Crippen molar-refractivity contribution in [2.45, 2.75) is 32.2 Å². The zero-order valence-electron chi connectivity index (χ0n) is 16.3. The lowest BCUT2D eigenvalue weighted by atomic mass is 10.1. The van der Waals surface area contributed by atoms with Gasteiger partial charge in [0.15, 0.2) is 0 Å². The molecule has 0 bridgehead atoms. The summed E-state index contributed by atoms with van der Waals surface area (Å²) in [7, 11) is -3.95. The fourth-order valence-electron chi connectivity index (χ4n) is 2.85. The van der Waals surface area contributed by atoms with Crippen LogP contribution in [-0.4, -0.2) is 18.2 Å². The van der Waals surface area contributed by atoms with E-state index in [-0.39, 0.29) is 15.0 Å². The number of sulfone groups is 1. The molecule has 0 saturated carbocycles. The normalized spacial score (nSPS) is 12.0. The van der Waals surface area contributed by atoms with Crippen molar-refractivity contribution < 1.29 is 8.42 Å². The average molecular weight is 426 g/mol. The minimum atomic E-state index is -3.95. The topological polar surface area (TPSA) is 75.8 Å². The van der Waals surface area contributed by atoms with E-state index in [4.69, 9.17) is 11.6 Å². The minimum Gasteiger partial charge on any atom is -0.249 e. The highest BCUT2D eigenvalue weighted by atomic mass is 35.5. The Morgan fingerprint density at radius 3 is 2.17 bits per heavy atom. The van der Waals surface area contributed by atoms with E-state index in [1.807, 2.05) is 38.1 Å². The van der Waals surface area contributed by atoms with Crippen LogP contribution in [0.3, 0.4) is 0 Å². The van der Waals surface area contributed by atoms with E-state index in [0.29, 0.717) is 17.8 Å². The van der Waals surface area contributed by atoms with Crippen molar-refractivity contribution in [3.63, 3.8) is 0 Å². The van der Waals surface area contributed by atoms with Gasteiger partial charge in [-0.1, -0.05) is 59.1 Å². The van der Waals surface area contributed by atoms with Gasteiger partial charge in [-0.25, -0.2) is 13.1 Å². The van der Waals surface area contributed by atoms with Crippen LogP contribution >= 0.6 is 11.6 Å². The largest absolute Gasteiger partial charge is 0.249 e. The third kappa shape index (κ3) is 4.42. The molecule has 1 heterocycles. The summed E-state index contributed by atoms with van der Waals surface area (Å²) in [6.07, 6.45) is 1.30. The first kappa shape index (κ1) is 20.8. The number of aromatic nitrogens is 2. The van der Waals surface area contributed by atoms with Crippen LogP contribution in [0.4, 0.5) is 0 Å². The first-order valence-electron chi connectivity index (χ1n) is 8.94. The van der Waals surface area contributed by atoms with Crippen LogP contribution in [0.2, 0.25) is 5.15 Å². The van der Waals surface area contributed by atoms with Gasteiger partial charge in [-0.3, -0.25) is 0 Å². The minimum absolute atomic E-state index is 0.0664. The Morgan fingerprint density at radius 1 is 1.07 bits per heavy atom. The van der Waals surface area contributed by atoms with Crippen LogP contribution in [0.1, 0.15) is 27.9 Å². The maximum atomic E-state index is 12.9. The van der Waals surface area contributed by atoms with E-state index in [1.54, 1.807) is 29.8 Å². The van der Waals surface area contributed by atoms with Gasteiger partial charge in [-0.05, 0) is 44.5 Å². The van der Waals surface area contributed by atoms with Gasteiger partial charge < -0.3 is 0 Å². The molecule has 1 aromatic heterocycles. The molecule has 0 fully saturated rings. The number of allylic oxidation sites excluding steroid dienone is 1. The van der Waals surface area contributed by atoms with Crippen molar-refractivity contribution in [2.24, 2.45) is 0 Å². The second-order valence-corrected chi connectivity index (χ2v) is 9.15. The number of benzene rings is 2. The maximum Gasteiger partial charge on any atom is 0.216 e. The third-order valence-corrected chi connectivity index (χ3v) is 6.65. The quantitative estimate of drug-likeness (QED) is 0.547. The van der Waals surface area contributed by atoms with Crippen molar-refractivity contribution in [1.82, 2.24) is 9.78 Å². The number of nitriles is 1.